The topological polar surface area (TPSA) is 59.3 Å². The van der Waals surface area contributed by atoms with E-state index in [9.17, 15) is 13.6 Å². The molecule has 1 N–H and O–H groups in total. The second-order valence-electron chi connectivity index (χ2n) is 8.58. The van der Waals surface area contributed by atoms with Crippen LogP contribution in [0.5, 0.6) is 0 Å². The van der Waals surface area contributed by atoms with E-state index in [0.29, 0.717) is 17.5 Å². The number of carbonyl (C=O) groups excluding carboxylic acids is 1. The van der Waals surface area contributed by atoms with Crippen LogP contribution in [0.1, 0.15) is 79.5 Å². The number of halogens is 2. The largest absolute Gasteiger partial charge is 0.349 e. The van der Waals surface area contributed by atoms with Crippen molar-refractivity contribution in [1.82, 2.24) is 19.9 Å². The fourth-order valence-electron chi connectivity index (χ4n) is 5.21. The van der Waals surface area contributed by atoms with Crippen molar-refractivity contribution < 1.29 is 13.6 Å². The molecule has 7 heteroatoms. The molecule has 3 aliphatic rings. The highest BCUT2D eigenvalue weighted by molar-refractivity contribution is 5.99. The molecule has 3 fully saturated rings. The molecule has 2 heterocycles. The Bertz CT molecular complexity index is 891. The van der Waals surface area contributed by atoms with Crippen molar-refractivity contribution in [3.8, 4) is 0 Å². The maximum Gasteiger partial charge on any atom is 0.280 e. The molecule has 2 bridgehead atoms. The fraction of sp³-hybridized carbons (Fsp3) is 0.650. The lowest BCUT2D eigenvalue weighted by Gasteiger charge is -2.28. The van der Waals surface area contributed by atoms with Gasteiger partial charge in [0.05, 0.1) is 6.20 Å². The highest BCUT2D eigenvalue weighted by Gasteiger charge is 2.42. The van der Waals surface area contributed by atoms with Crippen LogP contribution in [0.4, 0.5) is 8.78 Å². The number of hydrogen-bond donors (Lipinski definition) is 1. The summed E-state index contributed by atoms with van der Waals surface area (Å²) in [6.45, 7) is 2.06. The monoisotopic (exact) mass is 374 g/mol. The van der Waals surface area contributed by atoms with Crippen LogP contribution in [0.25, 0.3) is 5.65 Å². The normalized spacial score (nSPS) is 28.2. The van der Waals surface area contributed by atoms with Crippen molar-refractivity contribution in [2.24, 2.45) is 17.8 Å². The Morgan fingerprint density at radius 2 is 2.07 bits per heavy atom. The van der Waals surface area contributed by atoms with Gasteiger partial charge in [-0.2, -0.15) is 5.10 Å². The van der Waals surface area contributed by atoms with E-state index in [0.717, 1.165) is 23.3 Å². The Morgan fingerprint density at radius 3 is 2.70 bits per heavy atom. The van der Waals surface area contributed by atoms with Crippen LogP contribution in [0, 0.1) is 17.8 Å². The first-order valence-corrected chi connectivity index (χ1v) is 9.99. The van der Waals surface area contributed by atoms with E-state index in [1.165, 1.54) is 37.9 Å². The number of alkyl halides is 2. The van der Waals surface area contributed by atoms with Crippen molar-refractivity contribution in [3.05, 3.63) is 29.2 Å². The van der Waals surface area contributed by atoms with E-state index in [4.69, 9.17) is 0 Å². The SMILES string of the molecule is CC(NC(=O)c1cnn2c(C(F)F)cc(C3CC3)nc12)C1CC2CCC1C2. The average molecular weight is 374 g/mol. The molecule has 0 saturated heterocycles. The summed E-state index contributed by atoms with van der Waals surface area (Å²) in [5.41, 5.74) is 0.984. The summed E-state index contributed by atoms with van der Waals surface area (Å²) in [5, 5.41) is 7.13. The molecular weight excluding hydrogens is 350 g/mol. The summed E-state index contributed by atoms with van der Waals surface area (Å²) in [5.74, 6) is 2.00. The Kier molecular flexibility index (Phi) is 3.95. The van der Waals surface area contributed by atoms with Crippen LogP contribution in [-0.4, -0.2) is 26.5 Å². The lowest BCUT2D eigenvalue weighted by Crippen LogP contribution is -2.40. The number of amides is 1. The summed E-state index contributed by atoms with van der Waals surface area (Å²) in [6, 6.07) is 1.51. The molecule has 3 saturated carbocycles. The van der Waals surface area contributed by atoms with Crippen LogP contribution in [0.2, 0.25) is 0 Å². The zero-order valence-corrected chi connectivity index (χ0v) is 15.4. The smallest absolute Gasteiger partial charge is 0.280 e. The van der Waals surface area contributed by atoms with Crippen LogP contribution in [0.15, 0.2) is 12.3 Å². The van der Waals surface area contributed by atoms with Gasteiger partial charge in [0.1, 0.15) is 11.3 Å². The highest BCUT2D eigenvalue weighted by Crippen LogP contribution is 2.49. The molecule has 4 atom stereocenters. The van der Waals surface area contributed by atoms with Crippen molar-refractivity contribution in [1.29, 1.82) is 0 Å². The van der Waals surface area contributed by atoms with Crippen LogP contribution in [-0.2, 0) is 0 Å². The van der Waals surface area contributed by atoms with Crippen molar-refractivity contribution in [2.75, 3.05) is 0 Å². The zero-order chi connectivity index (χ0) is 18.7. The summed E-state index contributed by atoms with van der Waals surface area (Å²) in [6.07, 6.45) is 5.68. The molecule has 3 aliphatic carbocycles. The predicted molar refractivity (Wildman–Crippen MR) is 95.8 cm³/mol. The summed E-state index contributed by atoms with van der Waals surface area (Å²) >= 11 is 0. The molecule has 0 aromatic carbocycles. The summed E-state index contributed by atoms with van der Waals surface area (Å²) < 4.78 is 28.1. The fourth-order valence-corrected chi connectivity index (χ4v) is 5.21. The number of nitrogens with one attached hydrogen (secondary N) is 1. The van der Waals surface area contributed by atoms with E-state index < -0.39 is 6.43 Å². The molecule has 2 aromatic rings. The van der Waals surface area contributed by atoms with Gasteiger partial charge in [0.15, 0.2) is 5.65 Å². The third kappa shape index (κ3) is 2.91. The Labute approximate surface area is 156 Å². The lowest BCUT2D eigenvalue weighted by molar-refractivity contribution is 0.0916. The van der Waals surface area contributed by atoms with E-state index in [-0.39, 0.29) is 34.8 Å². The van der Waals surface area contributed by atoms with Gasteiger partial charge in [-0.05, 0) is 62.8 Å². The third-order valence-electron chi connectivity index (χ3n) is 6.78. The molecule has 1 amide bonds. The van der Waals surface area contributed by atoms with Crippen molar-refractivity contribution in [3.63, 3.8) is 0 Å². The minimum atomic E-state index is -2.66. The van der Waals surface area contributed by atoms with E-state index >= 15 is 0 Å². The van der Waals surface area contributed by atoms with E-state index in [2.05, 4.69) is 22.3 Å². The average Bonchev–Trinajstić information content (AvgIpc) is 3.08. The molecule has 0 radical (unpaired) electrons. The van der Waals surface area contributed by atoms with Gasteiger partial charge in [0.2, 0.25) is 0 Å². The number of nitrogens with zero attached hydrogens (tertiary/aromatic N) is 3. The molecule has 5 rings (SSSR count). The molecule has 0 aliphatic heterocycles. The Hall–Kier alpha value is -2.05. The lowest BCUT2D eigenvalue weighted by atomic mass is 9.84. The molecule has 27 heavy (non-hydrogen) atoms. The molecule has 2 aromatic heterocycles. The first-order chi connectivity index (χ1) is 13.0. The van der Waals surface area contributed by atoms with Gasteiger partial charge >= 0.3 is 0 Å². The maximum atomic E-state index is 13.5. The molecule has 4 unspecified atom stereocenters. The van der Waals surface area contributed by atoms with Gasteiger partial charge in [-0.15, -0.1) is 0 Å². The van der Waals surface area contributed by atoms with E-state index in [1.54, 1.807) is 0 Å². The minimum absolute atomic E-state index is 0.0731. The van der Waals surface area contributed by atoms with Gasteiger partial charge in [0.25, 0.3) is 12.3 Å². The minimum Gasteiger partial charge on any atom is -0.349 e. The first-order valence-electron chi connectivity index (χ1n) is 9.99. The zero-order valence-electron chi connectivity index (χ0n) is 15.4. The van der Waals surface area contributed by atoms with Gasteiger partial charge in [0, 0.05) is 17.7 Å². The second kappa shape index (κ2) is 6.24. The van der Waals surface area contributed by atoms with Crippen LogP contribution < -0.4 is 5.32 Å². The number of carbonyl (C=O) groups is 1. The summed E-state index contributed by atoms with van der Waals surface area (Å²) in [4.78, 5) is 17.4. The third-order valence-corrected chi connectivity index (χ3v) is 6.78. The van der Waals surface area contributed by atoms with Gasteiger partial charge in [-0.1, -0.05) is 6.42 Å². The number of rotatable bonds is 5. The van der Waals surface area contributed by atoms with Crippen molar-refractivity contribution >= 4 is 11.6 Å². The van der Waals surface area contributed by atoms with Gasteiger partial charge < -0.3 is 5.32 Å². The number of aromatic nitrogens is 3. The van der Waals surface area contributed by atoms with Gasteiger partial charge in [-0.25, -0.2) is 18.3 Å². The first kappa shape index (κ1) is 17.1. The van der Waals surface area contributed by atoms with Gasteiger partial charge in [-0.3, -0.25) is 4.79 Å². The molecular formula is C20H24F2N4O. The van der Waals surface area contributed by atoms with Crippen LogP contribution in [0.3, 0.4) is 0 Å². The number of fused-ring (bicyclic) bond motifs is 3. The highest BCUT2D eigenvalue weighted by atomic mass is 19.3. The van der Waals surface area contributed by atoms with Crippen LogP contribution >= 0.6 is 0 Å². The molecule has 144 valence electrons. The van der Waals surface area contributed by atoms with E-state index in [1.807, 2.05) is 0 Å². The maximum absolute atomic E-state index is 13.5. The number of hydrogen-bond acceptors (Lipinski definition) is 3. The quantitative estimate of drug-likeness (QED) is 0.857. The Morgan fingerprint density at radius 1 is 1.26 bits per heavy atom. The Balaban J connectivity index is 1.43. The second-order valence-corrected chi connectivity index (χ2v) is 8.58. The standard InChI is InChI=1S/C20H24F2N4O/c1-10(14-7-11-2-3-13(14)6-11)24-20(27)15-9-23-26-17(18(21)22)8-16(12-4-5-12)25-19(15)26/h8-14,18H,2-7H2,1H3,(H,24,27). The van der Waals surface area contributed by atoms with Crippen molar-refractivity contribution in [2.45, 2.75) is 63.8 Å². The summed E-state index contributed by atoms with van der Waals surface area (Å²) in [7, 11) is 0. The predicted octanol–water partition coefficient (Wildman–Crippen LogP) is 4.10. The molecule has 5 nitrogen and oxygen atoms in total. The molecule has 0 spiro atoms.